The van der Waals surface area contributed by atoms with E-state index in [9.17, 15) is 8.42 Å². The lowest BCUT2D eigenvalue weighted by molar-refractivity contribution is 0.403. The molecule has 0 spiro atoms. The molecular formula is C19H23ClN2O3S. The maximum absolute atomic E-state index is 12.7. The molecule has 140 valence electrons. The number of methoxy groups -OCH3 is 1. The Morgan fingerprint density at radius 3 is 2.58 bits per heavy atom. The van der Waals surface area contributed by atoms with Gasteiger partial charge in [0.1, 0.15) is 10.6 Å². The molecule has 0 aliphatic carbocycles. The zero-order valence-corrected chi connectivity index (χ0v) is 16.5. The Labute approximate surface area is 160 Å². The summed E-state index contributed by atoms with van der Waals surface area (Å²) in [5.41, 5.74) is 1.61. The maximum Gasteiger partial charge on any atom is 0.265 e. The number of piperidine rings is 1. The predicted molar refractivity (Wildman–Crippen MR) is 106 cm³/mol. The van der Waals surface area contributed by atoms with Crippen molar-refractivity contribution < 1.29 is 13.2 Å². The number of anilines is 2. The number of nitrogens with one attached hydrogen (secondary N) is 1. The van der Waals surface area contributed by atoms with Crippen LogP contribution >= 0.6 is 11.6 Å². The van der Waals surface area contributed by atoms with Crippen LogP contribution in [0.1, 0.15) is 19.8 Å². The lowest BCUT2D eigenvalue weighted by Crippen LogP contribution is -2.34. The van der Waals surface area contributed by atoms with Gasteiger partial charge in [0, 0.05) is 29.5 Å². The summed E-state index contributed by atoms with van der Waals surface area (Å²) in [5, 5.41) is 0.334. The van der Waals surface area contributed by atoms with Crippen LogP contribution in [0.3, 0.4) is 0 Å². The Kier molecular flexibility index (Phi) is 5.63. The van der Waals surface area contributed by atoms with Gasteiger partial charge in [-0.3, -0.25) is 4.72 Å². The number of hydrogen-bond donors (Lipinski definition) is 1. The fourth-order valence-corrected chi connectivity index (χ4v) is 4.73. The molecular weight excluding hydrogens is 372 g/mol. The van der Waals surface area contributed by atoms with Gasteiger partial charge in [-0.2, -0.15) is 0 Å². The molecule has 1 fully saturated rings. The van der Waals surface area contributed by atoms with Crippen LogP contribution in [0.25, 0.3) is 0 Å². The Morgan fingerprint density at radius 1 is 1.19 bits per heavy atom. The normalized spacial score (nSPS) is 17.8. The smallest absolute Gasteiger partial charge is 0.265 e. The van der Waals surface area contributed by atoms with Gasteiger partial charge in [0.25, 0.3) is 10.0 Å². The van der Waals surface area contributed by atoms with Gasteiger partial charge in [-0.1, -0.05) is 18.5 Å². The molecule has 0 saturated carbocycles. The minimum absolute atomic E-state index is 0.0152. The summed E-state index contributed by atoms with van der Waals surface area (Å²) in [5.74, 6) is 0.929. The van der Waals surface area contributed by atoms with Crippen molar-refractivity contribution in [1.82, 2.24) is 0 Å². The van der Waals surface area contributed by atoms with Gasteiger partial charge in [-0.05, 0) is 61.2 Å². The second-order valence-electron chi connectivity index (χ2n) is 6.64. The van der Waals surface area contributed by atoms with Gasteiger partial charge in [0.2, 0.25) is 0 Å². The number of ether oxygens (including phenoxy) is 1. The summed E-state index contributed by atoms with van der Waals surface area (Å²) in [6.45, 7) is 4.33. The van der Waals surface area contributed by atoms with Crippen molar-refractivity contribution in [3.63, 3.8) is 0 Å². The molecule has 1 N–H and O–H groups in total. The van der Waals surface area contributed by atoms with Crippen molar-refractivity contribution in [2.75, 3.05) is 29.8 Å². The van der Waals surface area contributed by atoms with E-state index < -0.39 is 10.0 Å². The van der Waals surface area contributed by atoms with Crippen molar-refractivity contribution in [1.29, 1.82) is 0 Å². The van der Waals surface area contributed by atoms with Crippen molar-refractivity contribution in [3.8, 4) is 5.75 Å². The fourth-order valence-electron chi connectivity index (χ4n) is 3.23. The molecule has 1 saturated heterocycles. The molecule has 1 heterocycles. The summed E-state index contributed by atoms with van der Waals surface area (Å²) in [6.07, 6.45) is 2.44. The van der Waals surface area contributed by atoms with Crippen molar-refractivity contribution >= 4 is 33.0 Å². The Bertz CT molecular complexity index is 869. The third kappa shape index (κ3) is 4.24. The van der Waals surface area contributed by atoms with Gasteiger partial charge in [0.05, 0.1) is 7.11 Å². The molecule has 1 atom stereocenters. The number of halogens is 1. The SMILES string of the molecule is COc1ccc(Cl)cc1S(=O)(=O)Nc1ccc(N2CCCC(C)C2)cc1. The molecule has 1 aliphatic heterocycles. The van der Waals surface area contributed by atoms with E-state index in [-0.39, 0.29) is 10.6 Å². The van der Waals surface area contributed by atoms with Gasteiger partial charge < -0.3 is 9.64 Å². The minimum Gasteiger partial charge on any atom is -0.495 e. The molecule has 0 amide bonds. The topological polar surface area (TPSA) is 58.6 Å². The van der Waals surface area contributed by atoms with Crippen LogP contribution < -0.4 is 14.4 Å². The van der Waals surface area contributed by atoms with Crippen LogP contribution in [-0.2, 0) is 10.0 Å². The summed E-state index contributed by atoms with van der Waals surface area (Å²) in [7, 11) is -2.37. The highest BCUT2D eigenvalue weighted by molar-refractivity contribution is 7.92. The number of hydrogen-bond acceptors (Lipinski definition) is 4. The molecule has 26 heavy (non-hydrogen) atoms. The van der Waals surface area contributed by atoms with E-state index in [0.29, 0.717) is 16.6 Å². The van der Waals surface area contributed by atoms with Crippen LogP contribution in [0.15, 0.2) is 47.4 Å². The molecule has 7 heteroatoms. The average molecular weight is 395 g/mol. The molecule has 3 rings (SSSR count). The predicted octanol–water partition coefficient (Wildman–Crippen LogP) is 4.39. The monoisotopic (exact) mass is 394 g/mol. The summed E-state index contributed by atoms with van der Waals surface area (Å²) >= 11 is 5.95. The third-order valence-electron chi connectivity index (χ3n) is 4.56. The first kappa shape index (κ1) is 18.9. The Hall–Kier alpha value is -1.92. The highest BCUT2D eigenvalue weighted by atomic mass is 35.5. The van der Waals surface area contributed by atoms with Crippen LogP contribution in [0, 0.1) is 5.92 Å². The first-order valence-electron chi connectivity index (χ1n) is 8.60. The first-order valence-corrected chi connectivity index (χ1v) is 10.5. The van der Waals surface area contributed by atoms with E-state index in [1.165, 1.54) is 32.1 Å². The van der Waals surface area contributed by atoms with Crippen molar-refractivity contribution in [2.24, 2.45) is 5.92 Å². The second kappa shape index (κ2) is 7.76. The van der Waals surface area contributed by atoms with E-state index in [2.05, 4.69) is 16.5 Å². The Morgan fingerprint density at radius 2 is 1.92 bits per heavy atom. The largest absolute Gasteiger partial charge is 0.495 e. The van der Waals surface area contributed by atoms with Crippen LogP contribution in [-0.4, -0.2) is 28.6 Å². The zero-order chi connectivity index (χ0) is 18.7. The standard InChI is InChI=1S/C19H23ClN2O3S/c1-14-4-3-11-22(13-14)17-8-6-16(7-9-17)21-26(23,24)19-12-15(20)5-10-18(19)25-2/h5-10,12,14,21H,3-4,11,13H2,1-2H3. The van der Waals surface area contributed by atoms with Crippen molar-refractivity contribution in [3.05, 3.63) is 47.5 Å². The molecule has 0 aromatic heterocycles. The molecule has 2 aromatic rings. The number of rotatable bonds is 5. The lowest BCUT2D eigenvalue weighted by atomic mass is 10.00. The zero-order valence-electron chi connectivity index (χ0n) is 14.9. The van der Waals surface area contributed by atoms with E-state index in [0.717, 1.165) is 18.8 Å². The Balaban J connectivity index is 1.79. The minimum atomic E-state index is -3.80. The van der Waals surface area contributed by atoms with Crippen molar-refractivity contribution in [2.45, 2.75) is 24.7 Å². The molecule has 1 unspecified atom stereocenters. The molecule has 2 aromatic carbocycles. The second-order valence-corrected chi connectivity index (χ2v) is 8.73. The van der Waals surface area contributed by atoms with E-state index in [4.69, 9.17) is 16.3 Å². The maximum atomic E-state index is 12.7. The quantitative estimate of drug-likeness (QED) is 0.817. The first-order chi connectivity index (χ1) is 12.4. The van der Waals surface area contributed by atoms with E-state index in [1.54, 1.807) is 18.2 Å². The van der Waals surface area contributed by atoms with Crippen LogP contribution in [0.4, 0.5) is 11.4 Å². The molecule has 0 radical (unpaired) electrons. The van der Waals surface area contributed by atoms with Gasteiger partial charge >= 0.3 is 0 Å². The number of sulfonamides is 1. The summed E-state index contributed by atoms with van der Waals surface area (Å²) in [4.78, 5) is 2.35. The van der Waals surface area contributed by atoms with E-state index >= 15 is 0 Å². The number of nitrogens with zero attached hydrogens (tertiary/aromatic N) is 1. The van der Waals surface area contributed by atoms with Gasteiger partial charge in [-0.15, -0.1) is 0 Å². The molecule has 5 nitrogen and oxygen atoms in total. The van der Waals surface area contributed by atoms with Crippen LogP contribution in [0.2, 0.25) is 5.02 Å². The fraction of sp³-hybridized carbons (Fsp3) is 0.368. The average Bonchev–Trinajstić information content (AvgIpc) is 2.62. The highest BCUT2D eigenvalue weighted by Crippen LogP contribution is 2.30. The number of benzene rings is 2. The summed E-state index contributed by atoms with van der Waals surface area (Å²) < 4.78 is 33.1. The van der Waals surface area contributed by atoms with E-state index in [1.807, 2.05) is 12.1 Å². The molecule has 0 bridgehead atoms. The van der Waals surface area contributed by atoms with Crippen LogP contribution in [0.5, 0.6) is 5.75 Å². The highest BCUT2D eigenvalue weighted by Gasteiger charge is 2.21. The van der Waals surface area contributed by atoms with Gasteiger partial charge in [-0.25, -0.2) is 8.42 Å². The lowest BCUT2D eigenvalue weighted by Gasteiger charge is -2.32. The van der Waals surface area contributed by atoms with Gasteiger partial charge in [0.15, 0.2) is 0 Å². The summed E-state index contributed by atoms with van der Waals surface area (Å²) in [6, 6.07) is 12.0. The third-order valence-corrected chi connectivity index (χ3v) is 6.19. The molecule has 1 aliphatic rings.